The van der Waals surface area contributed by atoms with Crippen LogP contribution in [-0.4, -0.2) is 66.6 Å². The van der Waals surface area contributed by atoms with Gasteiger partial charge < -0.3 is 23.1 Å². The lowest BCUT2D eigenvalue weighted by atomic mass is 10.2. The molecule has 1 aliphatic rings. The minimum atomic E-state index is -2.17. The number of hydrogen-bond acceptors (Lipinski definition) is 7. The molecule has 1 aromatic heterocycles. The Bertz CT molecular complexity index is 1040. The van der Waals surface area contributed by atoms with Gasteiger partial charge in [0.05, 0.1) is 16.3 Å². The van der Waals surface area contributed by atoms with Crippen LogP contribution in [0.4, 0.5) is 0 Å². The molecule has 4 atom stereocenters. The largest absolute Gasteiger partial charge is 0.411 e. The van der Waals surface area contributed by atoms with E-state index in [1.807, 2.05) is 22.6 Å². The van der Waals surface area contributed by atoms with Crippen molar-refractivity contribution in [3.63, 3.8) is 0 Å². The van der Waals surface area contributed by atoms with Gasteiger partial charge in [-0.1, -0.05) is 20.8 Å². The van der Waals surface area contributed by atoms with E-state index in [0.717, 1.165) is 0 Å². The monoisotopic (exact) mass is 668 g/mol. The summed E-state index contributed by atoms with van der Waals surface area (Å²) in [6.07, 6.45) is 0.651. The van der Waals surface area contributed by atoms with Crippen molar-refractivity contribution in [2.75, 3.05) is 19.8 Å². The molecule has 1 aliphatic heterocycles. The minimum absolute atomic E-state index is 0.0116. The molecule has 0 bridgehead atoms. The molecule has 0 aromatic carbocycles. The van der Waals surface area contributed by atoms with Gasteiger partial charge >= 0.3 is 5.69 Å². The highest BCUT2D eigenvalue weighted by Gasteiger charge is 2.46. The fraction of sp³-hybridized carbons (Fsp3) is 0.792. The molecule has 0 radical (unpaired) electrons. The molecule has 1 aromatic rings. The second-order valence-electron chi connectivity index (χ2n) is 11.2. The Kier molecular flexibility index (Phi) is 12.0. The number of hydrogen-bond donors (Lipinski definition) is 1. The predicted molar refractivity (Wildman–Crippen MR) is 157 cm³/mol. The molecule has 2 rings (SSSR count). The molecule has 1 fully saturated rings. The average molecular weight is 669 g/mol. The summed E-state index contributed by atoms with van der Waals surface area (Å²) in [7, 11) is -3.61. The fourth-order valence-electron chi connectivity index (χ4n) is 3.82. The summed E-state index contributed by atoms with van der Waals surface area (Å²) >= 11 is 1.91. The lowest BCUT2D eigenvalue weighted by Crippen LogP contribution is -2.46. The van der Waals surface area contributed by atoms with Crippen molar-refractivity contribution < 1.29 is 18.2 Å². The van der Waals surface area contributed by atoms with Crippen LogP contribution in [0.15, 0.2) is 15.8 Å². The lowest BCUT2D eigenvalue weighted by molar-refractivity contribution is -0.0413. The minimum Gasteiger partial charge on any atom is -0.411 e. The zero-order valence-electron chi connectivity index (χ0n) is 23.4. The van der Waals surface area contributed by atoms with Crippen molar-refractivity contribution in [3.05, 3.63) is 42.0 Å². The molecule has 1 N–H and O–H groups in total. The SMILES string of the molecule is [C-]#[N+]CCOP(OC[C@H]1O[C@@H](n2cc(I)c(=O)[nH]c2=O)C[C@H]1O[Si](C)(C)C(C)(C)C)N(C(C)C)C(C)C. The van der Waals surface area contributed by atoms with E-state index in [1.54, 1.807) is 0 Å². The highest BCUT2D eigenvalue weighted by Crippen LogP contribution is 2.47. The van der Waals surface area contributed by atoms with Gasteiger partial charge in [0.25, 0.3) is 14.1 Å². The summed E-state index contributed by atoms with van der Waals surface area (Å²) in [6.45, 7) is 27.1. The van der Waals surface area contributed by atoms with E-state index in [0.29, 0.717) is 9.99 Å². The predicted octanol–water partition coefficient (Wildman–Crippen LogP) is 5.12. The first-order valence-electron chi connectivity index (χ1n) is 12.6. The highest BCUT2D eigenvalue weighted by molar-refractivity contribution is 14.1. The van der Waals surface area contributed by atoms with Crippen LogP contribution < -0.4 is 11.2 Å². The molecule has 13 heteroatoms. The number of aromatic nitrogens is 2. The number of halogens is 1. The molecule has 2 heterocycles. The molecular formula is C24H42IN4O6PSi. The Morgan fingerprint density at radius 2 is 1.89 bits per heavy atom. The Labute approximate surface area is 236 Å². The summed E-state index contributed by atoms with van der Waals surface area (Å²) in [6, 6.07) is 0.356. The summed E-state index contributed by atoms with van der Waals surface area (Å²) in [5, 5.41) is -0.0116. The standard InChI is InChI=1S/C24H42IN4O6PSi/c1-16(2)29(17(3)4)36(32-12-11-26-8)33-15-20-19(35-37(9,10)24(5,6)7)13-21(34-20)28-14-18(25)22(30)27-23(28)31/h14,16-17,19-21H,11-13,15H2,1-7,9-10H3,(H,27,30,31)/t19-,20-,21-,36?/m1/s1. The van der Waals surface area contributed by atoms with Gasteiger partial charge in [-0.05, 0) is 68.4 Å². The number of nitrogens with zero attached hydrogens (tertiary/aromatic N) is 3. The summed E-state index contributed by atoms with van der Waals surface area (Å²) in [5.74, 6) is 0. The van der Waals surface area contributed by atoms with E-state index in [1.165, 1.54) is 10.8 Å². The number of rotatable bonds is 12. The quantitative estimate of drug-likeness (QED) is 0.109. The van der Waals surface area contributed by atoms with Gasteiger partial charge in [-0.3, -0.25) is 14.3 Å². The molecule has 1 saturated heterocycles. The Hall–Kier alpha value is -0.653. The molecule has 1 unspecified atom stereocenters. The number of nitrogens with one attached hydrogen (secondary N) is 1. The van der Waals surface area contributed by atoms with Crippen molar-refractivity contribution in [2.24, 2.45) is 0 Å². The van der Waals surface area contributed by atoms with E-state index in [9.17, 15) is 9.59 Å². The smallest absolute Gasteiger partial charge is 0.330 e. The van der Waals surface area contributed by atoms with Crippen LogP contribution in [0.3, 0.4) is 0 Å². The van der Waals surface area contributed by atoms with E-state index >= 15 is 0 Å². The van der Waals surface area contributed by atoms with E-state index in [-0.39, 0.29) is 43.0 Å². The average Bonchev–Trinajstić information content (AvgIpc) is 3.14. The third-order valence-electron chi connectivity index (χ3n) is 6.67. The van der Waals surface area contributed by atoms with Crippen LogP contribution in [0.5, 0.6) is 0 Å². The first kappa shape index (κ1) is 32.6. The third kappa shape index (κ3) is 8.67. The topological polar surface area (TPSA) is 99.4 Å². The van der Waals surface area contributed by atoms with Crippen molar-refractivity contribution in [1.82, 2.24) is 14.2 Å². The molecule has 37 heavy (non-hydrogen) atoms. The Balaban J connectivity index is 2.33. The fourth-order valence-corrected chi connectivity index (χ4v) is 7.22. The summed E-state index contributed by atoms with van der Waals surface area (Å²) in [4.78, 5) is 30.3. The van der Waals surface area contributed by atoms with E-state index in [2.05, 4.69) is 76.1 Å². The van der Waals surface area contributed by atoms with Gasteiger partial charge in [0.1, 0.15) is 18.9 Å². The van der Waals surface area contributed by atoms with Crippen LogP contribution in [0, 0.1) is 10.1 Å². The Morgan fingerprint density at radius 3 is 2.43 bits per heavy atom. The number of aromatic amines is 1. The Morgan fingerprint density at radius 1 is 1.27 bits per heavy atom. The van der Waals surface area contributed by atoms with E-state index in [4.69, 9.17) is 24.8 Å². The van der Waals surface area contributed by atoms with Crippen molar-refractivity contribution in [2.45, 2.75) is 104 Å². The first-order valence-corrected chi connectivity index (χ1v) is 17.7. The van der Waals surface area contributed by atoms with Crippen LogP contribution in [-0.2, 0) is 18.2 Å². The van der Waals surface area contributed by atoms with Crippen molar-refractivity contribution >= 4 is 39.4 Å². The first-order chi connectivity index (χ1) is 17.1. The van der Waals surface area contributed by atoms with Gasteiger partial charge in [-0.2, -0.15) is 0 Å². The van der Waals surface area contributed by atoms with Gasteiger partial charge in [-0.25, -0.2) is 16.0 Å². The molecule has 0 saturated carbocycles. The normalized spacial score (nSPS) is 21.7. The maximum absolute atomic E-state index is 12.6. The molecular weight excluding hydrogens is 626 g/mol. The van der Waals surface area contributed by atoms with Crippen LogP contribution in [0.25, 0.3) is 4.85 Å². The zero-order valence-corrected chi connectivity index (χ0v) is 27.5. The van der Waals surface area contributed by atoms with Crippen LogP contribution >= 0.6 is 31.1 Å². The van der Waals surface area contributed by atoms with Crippen molar-refractivity contribution in [1.29, 1.82) is 0 Å². The zero-order chi connectivity index (χ0) is 28.1. The van der Waals surface area contributed by atoms with Crippen LogP contribution in [0.1, 0.15) is 61.1 Å². The number of H-pyrrole nitrogens is 1. The van der Waals surface area contributed by atoms with Crippen LogP contribution in [0.2, 0.25) is 18.1 Å². The van der Waals surface area contributed by atoms with Crippen molar-refractivity contribution in [3.8, 4) is 0 Å². The summed E-state index contributed by atoms with van der Waals surface area (Å²) < 4.78 is 29.6. The second-order valence-corrected chi connectivity index (χ2v) is 18.6. The molecule has 0 aliphatic carbocycles. The van der Waals surface area contributed by atoms with E-state index < -0.39 is 40.4 Å². The maximum Gasteiger partial charge on any atom is 0.330 e. The highest BCUT2D eigenvalue weighted by atomic mass is 127. The maximum atomic E-state index is 12.6. The van der Waals surface area contributed by atoms with Gasteiger partial charge in [0.2, 0.25) is 6.54 Å². The summed E-state index contributed by atoms with van der Waals surface area (Å²) in [5.41, 5.74) is -0.933. The molecule has 0 amide bonds. The van der Waals surface area contributed by atoms with Gasteiger partial charge in [0.15, 0.2) is 8.32 Å². The lowest BCUT2D eigenvalue weighted by Gasteiger charge is -2.39. The second kappa shape index (κ2) is 13.6. The van der Waals surface area contributed by atoms with Gasteiger partial charge in [0, 0.05) is 24.7 Å². The van der Waals surface area contributed by atoms with Gasteiger partial charge in [-0.15, -0.1) is 0 Å². The molecule has 0 spiro atoms. The number of ether oxygens (including phenoxy) is 1. The molecule has 10 nitrogen and oxygen atoms in total. The molecule has 210 valence electrons. The third-order valence-corrected chi connectivity index (χ3v) is 14.0.